The van der Waals surface area contributed by atoms with Crippen molar-refractivity contribution in [2.75, 3.05) is 6.61 Å². The Balaban J connectivity index is 1.83. The minimum Gasteiger partial charge on any atom is -0.494 e. The van der Waals surface area contributed by atoms with E-state index in [1.54, 1.807) is 24.3 Å². The van der Waals surface area contributed by atoms with Crippen LogP contribution in [-0.4, -0.2) is 28.9 Å². The number of hydrogen-bond donors (Lipinski definition) is 2. The number of benzene rings is 1. The zero-order valence-electron chi connectivity index (χ0n) is 18.4. The Morgan fingerprint density at radius 1 is 0.793 bits per heavy atom. The summed E-state index contributed by atoms with van der Waals surface area (Å²) in [7, 11) is 0. The highest BCUT2D eigenvalue weighted by Crippen LogP contribution is 2.15. The van der Waals surface area contributed by atoms with Crippen LogP contribution in [0.5, 0.6) is 5.75 Å². The molecule has 0 aromatic heterocycles. The molecule has 0 saturated carbocycles. The number of aromatic carboxylic acids is 1. The largest absolute Gasteiger partial charge is 0.494 e. The minimum absolute atomic E-state index is 0.0795. The minimum atomic E-state index is -0.910. The fraction of sp³-hybridized carbons (Fsp3) is 0.720. The first kappa shape index (κ1) is 25.5. The maximum Gasteiger partial charge on any atom is 0.335 e. The molecule has 0 aliphatic heterocycles. The molecule has 4 nitrogen and oxygen atoms in total. The third kappa shape index (κ3) is 14.1. The number of carboxylic acids is 1. The molecule has 0 spiro atoms. The summed E-state index contributed by atoms with van der Waals surface area (Å²) in [5, 5.41) is 18.8. The number of rotatable bonds is 19. The lowest BCUT2D eigenvalue weighted by atomic mass is 10.0. The van der Waals surface area contributed by atoms with Gasteiger partial charge in [-0.25, -0.2) is 4.79 Å². The highest BCUT2D eigenvalue weighted by atomic mass is 16.5. The maximum atomic E-state index is 10.8. The van der Waals surface area contributed by atoms with Crippen LogP contribution in [-0.2, 0) is 0 Å². The highest BCUT2D eigenvalue weighted by Gasteiger charge is 2.04. The maximum absolute atomic E-state index is 10.8. The van der Waals surface area contributed by atoms with Crippen LogP contribution in [0.25, 0.3) is 0 Å². The van der Waals surface area contributed by atoms with Crippen LogP contribution in [0.3, 0.4) is 0 Å². The van der Waals surface area contributed by atoms with Gasteiger partial charge < -0.3 is 14.9 Å². The van der Waals surface area contributed by atoms with Gasteiger partial charge in [0.1, 0.15) is 5.75 Å². The van der Waals surface area contributed by atoms with Crippen LogP contribution >= 0.6 is 0 Å². The fourth-order valence-corrected chi connectivity index (χ4v) is 3.55. The molecule has 0 radical (unpaired) electrons. The highest BCUT2D eigenvalue weighted by molar-refractivity contribution is 5.87. The predicted molar refractivity (Wildman–Crippen MR) is 120 cm³/mol. The third-order valence-corrected chi connectivity index (χ3v) is 5.44. The molecular weight excluding hydrogens is 364 g/mol. The number of unbranched alkanes of at least 4 members (excludes halogenated alkanes) is 11. The first-order valence-electron chi connectivity index (χ1n) is 11.8. The Labute approximate surface area is 177 Å². The van der Waals surface area contributed by atoms with E-state index in [1.807, 2.05) is 0 Å². The number of hydrogen-bond acceptors (Lipinski definition) is 3. The summed E-state index contributed by atoms with van der Waals surface area (Å²) in [6.07, 6.45) is 17.9. The second kappa shape index (κ2) is 17.3. The van der Waals surface area contributed by atoms with Gasteiger partial charge in [-0.15, -0.1) is 0 Å². The van der Waals surface area contributed by atoms with Gasteiger partial charge in [-0.05, 0) is 43.5 Å². The lowest BCUT2D eigenvalue weighted by Gasteiger charge is -2.10. The van der Waals surface area contributed by atoms with Gasteiger partial charge >= 0.3 is 5.97 Å². The second-order valence-corrected chi connectivity index (χ2v) is 8.15. The van der Waals surface area contributed by atoms with E-state index >= 15 is 0 Å². The molecule has 0 saturated heterocycles. The number of aliphatic hydroxyl groups is 1. The van der Waals surface area contributed by atoms with Crippen molar-refractivity contribution in [3.05, 3.63) is 29.8 Å². The second-order valence-electron chi connectivity index (χ2n) is 8.15. The SMILES string of the molecule is CCCCCCC(O)CCCCCCCCCCCOc1ccc(C(=O)O)cc1. The van der Waals surface area contributed by atoms with Crippen molar-refractivity contribution in [2.24, 2.45) is 0 Å². The molecule has 0 aliphatic carbocycles. The number of carbonyl (C=O) groups is 1. The van der Waals surface area contributed by atoms with Crippen molar-refractivity contribution in [1.29, 1.82) is 0 Å². The van der Waals surface area contributed by atoms with Crippen LogP contribution in [0.1, 0.15) is 114 Å². The van der Waals surface area contributed by atoms with Gasteiger partial charge in [0.25, 0.3) is 0 Å². The van der Waals surface area contributed by atoms with E-state index in [-0.39, 0.29) is 11.7 Å². The molecule has 0 heterocycles. The summed E-state index contributed by atoms with van der Waals surface area (Å²) in [4.78, 5) is 10.8. The lowest BCUT2D eigenvalue weighted by Crippen LogP contribution is -2.05. The van der Waals surface area contributed by atoms with E-state index in [4.69, 9.17) is 9.84 Å². The standard InChI is InChI=1S/C25H42O4/c1-2-3-4-12-15-23(26)16-13-10-8-6-5-7-9-11-14-21-29-24-19-17-22(18-20-24)25(27)28/h17-20,23,26H,2-16,21H2,1H3,(H,27,28). The average Bonchev–Trinajstić information content (AvgIpc) is 2.72. The number of aliphatic hydroxyl groups excluding tert-OH is 1. The van der Waals surface area contributed by atoms with Crippen LogP contribution in [0.2, 0.25) is 0 Å². The molecule has 0 aliphatic rings. The third-order valence-electron chi connectivity index (χ3n) is 5.44. The number of carboxylic acid groups (broad SMARTS) is 1. The van der Waals surface area contributed by atoms with E-state index in [9.17, 15) is 9.90 Å². The van der Waals surface area contributed by atoms with Gasteiger partial charge in [-0.2, -0.15) is 0 Å². The molecule has 0 amide bonds. The first-order chi connectivity index (χ1) is 14.1. The molecule has 1 atom stereocenters. The summed E-state index contributed by atoms with van der Waals surface area (Å²) in [6.45, 7) is 2.91. The zero-order valence-corrected chi connectivity index (χ0v) is 18.4. The quantitative estimate of drug-likeness (QED) is 0.243. The van der Waals surface area contributed by atoms with Crippen LogP contribution in [0, 0.1) is 0 Å². The molecule has 2 N–H and O–H groups in total. The van der Waals surface area contributed by atoms with Crippen LogP contribution in [0.4, 0.5) is 0 Å². The van der Waals surface area contributed by atoms with E-state index < -0.39 is 5.97 Å². The van der Waals surface area contributed by atoms with E-state index in [0.717, 1.165) is 25.0 Å². The molecular formula is C25H42O4. The van der Waals surface area contributed by atoms with Gasteiger partial charge in [0.05, 0.1) is 18.3 Å². The van der Waals surface area contributed by atoms with Crippen molar-refractivity contribution in [3.8, 4) is 5.75 Å². The zero-order chi connectivity index (χ0) is 21.2. The van der Waals surface area contributed by atoms with Crippen molar-refractivity contribution < 1.29 is 19.7 Å². The van der Waals surface area contributed by atoms with Crippen molar-refractivity contribution in [2.45, 2.75) is 109 Å². The first-order valence-corrected chi connectivity index (χ1v) is 11.8. The van der Waals surface area contributed by atoms with Gasteiger partial charge in [-0.3, -0.25) is 0 Å². The smallest absolute Gasteiger partial charge is 0.335 e. The topological polar surface area (TPSA) is 66.8 Å². The predicted octanol–water partition coefficient (Wildman–Crippen LogP) is 7.00. The Bertz CT molecular complexity index is 512. The number of ether oxygens (including phenoxy) is 1. The molecule has 1 aromatic carbocycles. The van der Waals surface area contributed by atoms with Crippen LogP contribution in [0.15, 0.2) is 24.3 Å². The normalized spacial score (nSPS) is 12.1. The van der Waals surface area contributed by atoms with Gasteiger partial charge in [0.2, 0.25) is 0 Å². The van der Waals surface area contributed by atoms with E-state index in [1.165, 1.54) is 77.0 Å². The average molecular weight is 407 g/mol. The van der Waals surface area contributed by atoms with Gasteiger partial charge in [0, 0.05) is 0 Å². The summed E-state index contributed by atoms with van der Waals surface area (Å²) < 4.78 is 5.66. The molecule has 1 unspecified atom stereocenters. The summed E-state index contributed by atoms with van der Waals surface area (Å²) in [6, 6.07) is 6.59. The molecule has 1 rings (SSSR count). The monoisotopic (exact) mass is 406 g/mol. The molecule has 29 heavy (non-hydrogen) atoms. The van der Waals surface area contributed by atoms with Gasteiger partial charge in [0.15, 0.2) is 0 Å². The Morgan fingerprint density at radius 2 is 1.28 bits per heavy atom. The van der Waals surface area contributed by atoms with E-state index in [0.29, 0.717) is 6.61 Å². The Hall–Kier alpha value is -1.55. The molecule has 4 heteroatoms. The van der Waals surface area contributed by atoms with Crippen molar-refractivity contribution in [3.63, 3.8) is 0 Å². The van der Waals surface area contributed by atoms with E-state index in [2.05, 4.69) is 6.92 Å². The molecule has 1 aromatic rings. The van der Waals surface area contributed by atoms with Crippen LogP contribution < -0.4 is 4.74 Å². The Kier molecular flexibility index (Phi) is 15.2. The van der Waals surface area contributed by atoms with Gasteiger partial charge in [-0.1, -0.05) is 84.0 Å². The lowest BCUT2D eigenvalue weighted by molar-refractivity contribution is 0.0697. The molecule has 0 bridgehead atoms. The molecule has 166 valence electrons. The summed E-state index contributed by atoms with van der Waals surface area (Å²) in [5.74, 6) is -0.173. The van der Waals surface area contributed by atoms with Crippen molar-refractivity contribution in [1.82, 2.24) is 0 Å². The molecule has 0 fully saturated rings. The Morgan fingerprint density at radius 3 is 1.79 bits per heavy atom. The summed E-state index contributed by atoms with van der Waals surface area (Å²) in [5.41, 5.74) is 0.288. The van der Waals surface area contributed by atoms with Crippen molar-refractivity contribution >= 4 is 5.97 Å². The summed E-state index contributed by atoms with van der Waals surface area (Å²) >= 11 is 0. The fourth-order valence-electron chi connectivity index (χ4n) is 3.55.